The number of anilines is 1. The Morgan fingerprint density at radius 2 is 2.38 bits per heavy atom. The van der Waals surface area contributed by atoms with Crippen LogP contribution < -0.4 is 15.4 Å². The van der Waals surface area contributed by atoms with E-state index in [0.717, 1.165) is 35.9 Å². The molecule has 0 aliphatic carbocycles. The van der Waals surface area contributed by atoms with Crippen molar-refractivity contribution in [3.05, 3.63) is 41.3 Å². The summed E-state index contributed by atoms with van der Waals surface area (Å²) in [6.45, 7) is 4.64. The number of thiophene rings is 1. The maximum absolute atomic E-state index is 5.87. The third-order valence-electron chi connectivity index (χ3n) is 4.04. The van der Waals surface area contributed by atoms with Crippen LogP contribution in [0.25, 0.3) is 10.2 Å². The Morgan fingerprint density at radius 1 is 1.42 bits per heavy atom. The van der Waals surface area contributed by atoms with Crippen LogP contribution in [-0.4, -0.2) is 34.1 Å². The van der Waals surface area contributed by atoms with E-state index in [2.05, 4.69) is 25.6 Å². The van der Waals surface area contributed by atoms with Crippen molar-refractivity contribution in [2.24, 2.45) is 0 Å². The molecular formula is C17H19N5OS. The molecule has 1 aliphatic rings. The number of hydrogen-bond donors (Lipinski definition) is 2. The van der Waals surface area contributed by atoms with E-state index in [1.807, 2.05) is 19.1 Å². The summed E-state index contributed by atoms with van der Waals surface area (Å²) in [6.07, 6.45) is 6.13. The molecule has 1 aliphatic heterocycles. The molecular weight excluding hydrogens is 322 g/mol. The van der Waals surface area contributed by atoms with Gasteiger partial charge in [0.25, 0.3) is 0 Å². The quantitative estimate of drug-likeness (QED) is 0.743. The minimum absolute atomic E-state index is 0.00958. The maximum atomic E-state index is 5.87. The van der Waals surface area contributed by atoms with Gasteiger partial charge in [-0.3, -0.25) is 4.98 Å². The van der Waals surface area contributed by atoms with Gasteiger partial charge in [0.15, 0.2) is 0 Å². The Bertz CT molecular complexity index is 836. The first-order valence-electron chi connectivity index (χ1n) is 8.08. The van der Waals surface area contributed by atoms with Crippen molar-refractivity contribution < 1.29 is 4.74 Å². The van der Waals surface area contributed by atoms with E-state index in [1.54, 1.807) is 30.1 Å². The first-order valence-corrected chi connectivity index (χ1v) is 8.89. The van der Waals surface area contributed by atoms with Gasteiger partial charge >= 0.3 is 0 Å². The highest BCUT2D eigenvalue weighted by atomic mass is 32.1. The smallest absolute Gasteiger partial charge is 0.138 e. The second-order valence-corrected chi connectivity index (χ2v) is 6.91. The zero-order valence-electron chi connectivity index (χ0n) is 13.5. The molecule has 4 heterocycles. The molecule has 0 saturated carbocycles. The van der Waals surface area contributed by atoms with Gasteiger partial charge in [-0.25, -0.2) is 9.97 Å². The van der Waals surface area contributed by atoms with E-state index in [4.69, 9.17) is 4.74 Å². The topological polar surface area (TPSA) is 72.0 Å². The molecule has 7 heteroatoms. The Balaban J connectivity index is 1.51. The average molecular weight is 341 g/mol. The Hall–Kier alpha value is -2.25. The van der Waals surface area contributed by atoms with E-state index >= 15 is 0 Å². The summed E-state index contributed by atoms with van der Waals surface area (Å²) >= 11 is 1.76. The molecule has 0 bridgehead atoms. The van der Waals surface area contributed by atoms with Crippen LogP contribution in [0.4, 0.5) is 5.82 Å². The van der Waals surface area contributed by atoms with E-state index in [0.29, 0.717) is 6.54 Å². The number of aromatic nitrogens is 3. The van der Waals surface area contributed by atoms with Gasteiger partial charge in [0.1, 0.15) is 28.8 Å². The van der Waals surface area contributed by atoms with Gasteiger partial charge in [-0.2, -0.15) is 0 Å². The average Bonchev–Trinajstić information content (AvgIpc) is 3.00. The molecule has 6 nitrogen and oxygen atoms in total. The maximum Gasteiger partial charge on any atom is 0.138 e. The second kappa shape index (κ2) is 6.70. The van der Waals surface area contributed by atoms with E-state index in [1.165, 1.54) is 15.8 Å². The highest BCUT2D eigenvalue weighted by Gasteiger charge is 2.19. The molecule has 24 heavy (non-hydrogen) atoms. The van der Waals surface area contributed by atoms with Crippen molar-refractivity contribution in [1.82, 2.24) is 20.3 Å². The Labute approximate surface area is 144 Å². The normalized spacial score (nSPS) is 15.0. The van der Waals surface area contributed by atoms with Crippen LogP contribution in [0.5, 0.6) is 5.75 Å². The summed E-state index contributed by atoms with van der Waals surface area (Å²) in [7, 11) is 0. The van der Waals surface area contributed by atoms with Gasteiger partial charge < -0.3 is 15.4 Å². The van der Waals surface area contributed by atoms with Crippen LogP contribution in [0.15, 0.2) is 30.9 Å². The van der Waals surface area contributed by atoms with Crippen molar-refractivity contribution in [3.8, 4) is 5.75 Å². The third-order valence-corrected chi connectivity index (χ3v) is 5.18. The number of nitrogens with zero attached hydrogens (tertiary/aromatic N) is 3. The van der Waals surface area contributed by atoms with Crippen LogP contribution in [0.1, 0.15) is 17.4 Å². The monoisotopic (exact) mass is 341 g/mol. The second-order valence-electron chi connectivity index (χ2n) is 5.83. The summed E-state index contributed by atoms with van der Waals surface area (Å²) < 4.78 is 5.87. The summed E-state index contributed by atoms with van der Waals surface area (Å²) in [4.78, 5) is 15.4. The molecule has 0 spiro atoms. The van der Waals surface area contributed by atoms with Crippen LogP contribution in [0.2, 0.25) is 0 Å². The van der Waals surface area contributed by atoms with E-state index in [9.17, 15) is 0 Å². The molecule has 0 unspecified atom stereocenters. The SMILES string of the molecule is C[C@H](CNc1ncnc2sc3c(c12)CCNC3)Oc1cccnc1. The minimum Gasteiger partial charge on any atom is -0.487 e. The molecule has 2 N–H and O–H groups in total. The first-order chi connectivity index (χ1) is 11.8. The number of pyridine rings is 1. The standard InChI is InChI=1S/C17H19N5OS/c1-11(23-12-3-2-5-18-8-12)7-20-16-15-13-4-6-19-9-14(13)24-17(15)22-10-21-16/h2-3,5,8,10-11,19H,4,6-7,9H2,1H3,(H,20,21,22)/t11-/m1/s1. The fourth-order valence-electron chi connectivity index (χ4n) is 2.92. The number of hydrogen-bond acceptors (Lipinski definition) is 7. The zero-order valence-corrected chi connectivity index (χ0v) is 14.3. The minimum atomic E-state index is 0.00958. The summed E-state index contributed by atoms with van der Waals surface area (Å²) in [5.41, 5.74) is 1.39. The van der Waals surface area contributed by atoms with E-state index < -0.39 is 0 Å². The van der Waals surface area contributed by atoms with Crippen LogP contribution in [-0.2, 0) is 13.0 Å². The number of rotatable bonds is 5. The van der Waals surface area contributed by atoms with Gasteiger partial charge in [0.05, 0.1) is 18.1 Å². The molecule has 124 valence electrons. The van der Waals surface area contributed by atoms with Crippen molar-refractivity contribution in [2.75, 3.05) is 18.4 Å². The highest BCUT2D eigenvalue weighted by molar-refractivity contribution is 7.18. The number of nitrogens with one attached hydrogen (secondary N) is 2. The lowest BCUT2D eigenvalue weighted by atomic mass is 10.1. The fourth-order valence-corrected chi connectivity index (χ4v) is 4.08. The van der Waals surface area contributed by atoms with Crippen molar-refractivity contribution >= 4 is 27.4 Å². The summed E-state index contributed by atoms with van der Waals surface area (Å²) in [5.74, 6) is 1.68. The molecule has 0 fully saturated rings. The van der Waals surface area contributed by atoms with Gasteiger partial charge in [0, 0.05) is 17.6 Å². The Kier molecular flexibility index (Phi) is 4.27. The Morgan fingerprint density at radius 3 is 3.25 bits per heavy atom. The highest BCUT2D eigenvalue weighted by Crippen LogP contribution is 2.35. The van der Waals surface area contributed by atoms with Crippen LogP contribution in [0, 0.1) is 0 Å². The molecule has 1 atom stereocenters. The van der Waals surface area contributed by atoms with Gasteiger partial charge in [-0.1, -0.05) is 0 Å². The summed E-state index contributed by atoms with van der Waals surface area (Å²) in [6, 6.07) is 3.78. The van der Waals surface area contributed by atoms with Crippen molar-refractivity contribution in [2.45, 2.75) is 26.0 Å². The predicted octanol–water partition coefficient (Wildman–Crippen LogP) is 2.61. The molecule has 0 saturated heterocycles. The lowest BCUT2D eigenvalue weighted by Gasteiger charge is -2.17. The van der Waals surface area contributed by atoms with Gasteiger partial charge in [-0.15, -0.1) is 11.3 Å². The van der Waals surface area contributed by atoms with Crippen molar-refractivity contribution in [1.29, 1.82) is 0 Å². The third kappa shape index (κ3) is 3.05. The largest absolute Gasteiger partial charge is 0.487 e. The molecule has 0 aromatic carbocycles. The number of fused-ring (bicyclic) bond motifs is 3. The fraction of sp³-hybridized carbons (Fsp3) is 0.353. The van der Waals surface area contributed by atoms with Crippen LogP contribution in [0.3, 0.4) is 0 Å². The predicted molar refractivity (Wildman–Crippen MR) is 95.6 cm³/mol. The zero-order chi connectivity index (χ0) is 16.4. The van der Waals surface area contributed by atoms with Crippen LogP contribution >= 0.6 is 11.3 Å². The van der Waals surface area contributed by atoms with E-state index in [-0.39, 0.29) is 6.10 Å². The molecule has 0 amide bonds. The van der Waals surface area contributed by atoms with Gasteiger partial charge in [0.2, 0.25) is 0 Å². The summed E-state index contributed by atoms with van der Waals surface area (Å²) in [5, 5.41) is 8.02. The molecule has 4 rings (SSSR count). The first kappa shape index (κ1) is 15.3. The molecule has 3 aromatic heterocycles. The lowest BCUT2D eigenvalue weighted by molar-refractivity contribution is 0.234. The number of ether oxygens (including phenoxy) is 1. The van der Waals surface area contributed by atoms with Gasteiger partial charge in [-0.05, 0) is 37.6 Å². The molecule has 0 radical (unpaired) electrons. The molecule has 3 aromatic rings. The lowest BCUT2D eigenvalue weighted by Crippen LogP contribution is -2.24. The van der Waals surface area contributed by atoms with Crippen molar-refractivity contribution in [3.63, 3.8) is 0 Å².